The molecule has 0 spiro atoms. The lowest BCUT2D eigenvalue weighted by atomic mass is 9.88. The van der Waals surface area contributed by atoms with Gasteiger partial charge in [0.15, 0.2) is 0 Å². The highest BCUT2D eigenvalue weighted by Crippen LogP contribution is 2.36. The van der Waals surface area contributed by atoms with Gasteiger partial charge in [-0.15, -0.1) is 11.3 Å². The van der Waals surface area contributed by atoms with Crippen molar-refractivity contribution in [2.24, 2.45) is 11.8 Å². The van der Waals surface area contributed by atoms with Gasteiger partial charge < -0.3 is 19.9 Å². The van der Waals surface area contributed by atoms with Gasteiger partial charge in [-0.3, -0.25) is 14.4 Å². The minimum Gasteiger partial charge on any atom is -0.492 e. The maximum atomic E-state index is 13.4. The number of carbonyl (C=O) groups excluding carboxylic acids is 3. The maximum Gasteiger partial charge on any atom is 0.228 e. The molecule has 1 N–H and O–H groups in total. The summed E-state index contributed by atoms with van der Waals surface area (Å²) in [6.45, 7) is 4.83. The largest absolute Gasteiger partial charge is 0.492 e. The number of carbonyl (C=O) groups is 3. The first-order chi connectivity index (χ1) is 18.5. The fourth-order valence-corrected chi connectivity index (χ4v) is 6.65. The first-order valence-electron chi connectivity index (χ1n) is 14.0. The molecule has 204 valence electrons. The second-order valence-corrected chi connectivity index (χ2v) is 11.8. The maximum absolute atomic E-state index is 13.4. The van der Waals surface area contributed by atoms with E-state index < -0.39 is 0 Å². The molecule has 1 aliphatic carbocycles. The number of likely N-dealkylation sites (tertiary alicyclic amines) is 1. The zero-order valence-corrected chi connectivity index (χ0v) is 23.0. The van der Waals surface area contributed by atoms with E-state index in [2.05, 4.69) is 10.3 Å². The molecule has 8 nitrogen and oxygen atoms in total. The lowest BCUT2D eigenvalue weighted by molar-refractivity contribution is -0.136. The van der Waals surface area contributed by atoms with Crippen LogP contribution in [-0.2, 0) is 20.8 Å². The van der Waals surface area contributed by atoms with Gasteiger partial charge in [0.25, 0.3) is 0 Å². The van der Waals surface area contributed by atoms with Gasteiger partial charge in [-0.2, -0.15) is 0 Å². The summed E-state index contributed by atoms with van der Waals surface area (Å²) in [4.78, 5) is 48.0. The minimum atomic E-state index is -0.300. The molecular formula is C29H38N4O4S. The van der Waals surface area contributed by atoms with E-state index >= 15 is 0 Å². The number of benzene rings is 1. The first-order valence-corrected chi connectivity index (χ1v) is 14.8. The topological polar surface area (TPSA) is 91.8 Å². The number of aromatic nitrogens is 1. The summed E-state index contributed by atoms with van der Waals surface area (Å²) in [6, 6.07) is 7.89. The molecule has 3 heterocycles. The summed E-state index contributed by atoms with van der Waals surface area (Å²) in [5, 5.41) is 5.99. The number of nitrogens with zero attached hydrogens (tertiary/aromatic N) is 3. The molecule has 2 aliphatic heterocycles. The minimum absolute atomic E-state index is 0.0128. The highest BCUT2D eigenvalue weighted by molar-refractivity contribution is 7.09. The summed E-state index contributed by atoms with van der Waals surface area (Å²) in [6.07, 6.45) is 6.26. The number of aryl methyl sites for hydroxylation is 1. The molecule has 1 aromatic heterocycles. The van der Waals surface area contributed by atoms with E-state index in [9.17, 15) is 14.4 Å². The Bertz CT molecular complexity index is 1150. The van der Waals surface area contributed by atoms with Crippen molar-refractivity contribution in [1.82, 2.24) is 20.1 Å². The quantitative estimate of drug-likeness (QED) is 0.646. The van der Waals surface area contributed by atoms with Crippen LogP contribution < -0.4 is 10.1 Å². The monoisotopic (exact) mass is 538 g/mol. The fraction of sp³-hybridized carbons (Fsp3) is 0.586. The van der Waals surface area contributed by atoms with Crippen LogP contribution in [0.4, 0.5) is 0 Å². The van der Waals surface area contributed by atoms with Crippen LogP contribution >= 0.6 is 11.3 Å². The molecule has 38 heavy (non-hydrogen) atoms. The molecule has 9 heteroatoms. The molecule has 2 fully saturated rings. The van der Waals surface area contributed by atoms with Crippen molar-refractivity contribution in [3.63, 3.8) is 0 Å². The van der Waals surface area contributed by atoms with Crippen LogP contribution in [-0.4, -0.2) is 71.8 Å². The van der Waals surface area contributed by atoms with Crippen molar-refractivity contribution in [1.29, 1.82) is 0 Å². The van der Waals surface area contributed by atoms with Crippen LogP contribution in [0.25, 0.3) is 0 Å². The van der Waals surface area contributed by atoms with Gasteiger partial charge in [0, 0.05) is 43.4 Å². The number of amides is 3. The highest BCUT2D eigenvalue weighted by atomic mass is 32.1. The highest BCUT2D eigenvalue weighted by Gasteiger charge is 2.42. The summed E-state index contributed by atoms with van der Waals surface area (Å²) in [5.41, 5.74) is 1.81. The number of hydrogen-bond donors (Lipinski definition) is 1. The van der Waals surface area contributed by atoms with Gasteiger partial charge in [-0.05, 0) is 43.9 Å². The molecule has 3 amide bonds. The van der Waals surface area contributed by atoms with Crippen LogP contribution in [0.3, 0.4) is 0 Å². The van der Waals surface area contributed by atoms with Crippen LogP contribution in [0, 0.1) is 18.8 Å². The Labute approximate surface area is 228 Å². The van der Waals surface area contributed by atoms with Gasteiger partial charge >= 0.3 is 0 Å². The van der Waals surface area contributed by atoms with E-state index in [4.69, 9.17) is 4.74 Å². The van der Waals surface area contributed by atoms with Crippen molar-refractivity contribution in [2.45, 2.75) is 57.8 Å². The molecule has 5 rings (SSSR count). The van der Waals surface area contributed by atoms with Gasteiger partial charge in [-0.1, -0.05) is 31.4 Å². The predicted octanol–water partition coefficient (Wildman–Crippen LogP) is 3.54. The third-order valence-electron chi connectivity index (χ3n) is 8.09. The van der Waals surface area contributed by atoms with Gasteiger partial charge in [0.2, 0.25) is 17.7 Å². The Kier molecular flexibility index (Phi) is 8.61. The van der Waals surface area contributed by atoms with E-state index in [0.717, 1.165) is 47.7 Å². The number of nitrogens with one attached hydrogen (secondary N) is 1. The molecule has 0 unspecified atom stereocenters. The number of rotatable bonds is 3. The summed E-state index contributed by atoms with van der Waals surface area (Å²) < 4.78 is 6.08. The van der Waals surface area contributed by atoms with Crippen molar-refractivity contribution in [3.05, 3.63) is 45.9 Å². The Morgan fingerprint density at radius 1 is 1.08 bits per heavy atom. The zero-order chi connectivity index (χ0) is 26.5. The van der Waals surface area contributed by atoms with E-state index in [-0.39, 0.29) is 41.9 Å². The lowest BCUT2D eigenvalue weighted by Crippen LogP contribution is -2.40. The number of fused-ring (bicyclic) bond motifs is 4. The molecule has 1 aromatic carbocycles. The van der Waals surface area contributed by atoms with E-state index in [1.54, 1.807) is 16.2 Å². The number of thiazole rings is 1. The zero-order valence-electron chi connectivity index (χ0n) is 22.2. The van der Waals surface area contributed by atoms with Gasteiger partial charge in [-0.25, -0.2) is 4.98 Å². The Morgan fingerprint density at radius 2 is 1.89 bits per heavy atom. The van der Waals surface area contributed by atoms with Crippen LogP contribution in [0.15, 0.2) is 29.6 Å². The molecule has 3 aliphatic rings. The average Bonchev–Trinajstić information content (AvgIpc) is 3.56. The average molecular weight is 539 g/mol. The van der Waals surface area contributed by atoms with Crippen molar-refractivity contribution in [2.75, 3.05) is 39.3 Å². The number of hydrogen-bond acceptors (Lipinski definition) is 6. The molecule has 2 bridgehead atoms. The van der Waals surface area contributed by atoms with Crippen molar-refractivity contribution >= 4 is 29.1 Å². The molecule has 1 saturated carbocycles. The standard InChI is InChI=1S/C29H38N4O4S/c1-20-31-23(19-38-20)16-27(34)32-12-6-11-30-28(35)26-18-33(29(36)21-7-3-2-4-8-21)17-25(26)22-9-5-10-24(15-22)37-14-13-32/h5,9-10,15,19,21,25-26H,2-4,6-8,11-14,16-18H2,1H3,(H,30,35)/t25-,26+/m1/s1. The van der Waals surface area contributed by atoms with Gasteiger partial charge in [0.1, 0.15) is 12.4 Å². The molecule has 1 saturated heterocycles. The van der Waals surface area contributed by atoms with E-state index in [1.165, 1.54) is 6.42 Å². The Hall–Kier alpha value is -2.94. The SMILES string of the molecule is Cc1nc(CC(=O)N2CCCNC(=O)[C@H]3CN(C(=O)C4CCCCC4)C[C@@H]3c3cccc(c3)OCC2)cs1. The summed E-state index contributed by atoms with van der Waals surface area (Å²) in [7, 11) is 0. The molecule has 2 aromatic rings. The normalized spacial score (nSPS) is 23.2. The number of ether oxygens (including phenoxy) is 1. The Balaban J connectivity index is 1.30. The Morgan fingerprint density at radius 3 is 2.68 bits per heavy atom. The second-order valence-electron chi connectivity index (χ2n) is 10.8. The first kappa shape index (κ1) is 26.7. The summed E-state index contributed by atoms with van der Waals surface area (Å²) >= 11 is 1.54. The van der Waals surface area contributed by atoms with Crippen LogP contribution in [0.5, 0.6) is 5.75 Å². The van der Waals surface area contributed by atoms with Crippen molar-refractivity contribution in [3.8, 4) is 5.75 Å². The van der Waals surface area contributed by atoms with E-state index in [0.29, 0.717) is 45.8 Å². The van der Waals surface area contributed by atoms with Crippen LogP contribution in [0.2, 0.25) is 0 Å². The second kappa shape index (κ2) is 12.3. The lowest BCUT2D eigenvalue weighted by Gasteiger charge is -2.26. The summed E-state index contributed by atoms with van der Waals surface area (Å²) in [5.74, 6) is 0.650. The van der Waals surface area contributed by atoms with E-state index in [1.807, 2.05) is 41.5 Å². The third-order valence-corrected chi connectivity index (χ3v) is 8.92. The van der Waals surface area contributed by atoms with Crippen molar-refractivity contribution < 1.29 is 19.1 Å². The van der Waals surface area contributed by atoms with Gasteiger partial charge in [0.05, 0.1) is 29.6 Å². The smallest absolute Gasteiger partial charge is 0.228 e. The molecule has 0 radical (unpaired) electrons. The molecule has 2 atom stereocenters. The van der Waals surface area contributed by atoms with Crippen LogP contribution in [0.1, 0.15) is 60.7 Å². The molecular weight excluding hydrogens is 500 g/mol. The predicted molar refractivity (Wildman–Crippen MR) is 146 cm³/mol. The fourth-order valence-electron chi connectivity index (χ4n) is 6.03. The third kappa shape index (κ3) is 6.37.